The van der Waals surface area contributed by atoms with Crippen LogP contribution >= 0.6 is 23.5 Å². The van der Waals surface area contributed by atoms with Crippen LogP contribution in [-0.4, -0.2) is 48.6 Å². The zero-order valence-corrected chi connectivity index (χ0v) is 14.9. The maximum Gasteiger partial charge on any atom is 0.242 e. The molecule has 0 bridgehead atoms. The second kappa shape index (κ2) is 7.92. The van der Waals surface area contributed by atoms with Crippen molar-refractivity contribution in [3.05, 3.63) is 18.0 Å². The van der Waals surface area contributed by atoms with Gasteiger partial charge in [-0.2, -0.15) is 23.5 Å². The van der Waals surface area contributed by atoms with Crippen LogP contribution in [0.5, 0.6) is 0 Å². The molecule has 0 saturated carbocycles. The molecule has 0 aliphatic carbocycles. The zero-order valence-electron chi connectivity index (χ0n) is 12.5. The van der Waals surface area contributed by atoms with Gasteiger partial charge in [0.2, 0.25) is 10.0 Å². The molecule has 1 fully saturated rings. The number of nitrogens with one attached hydrogen (secondary N) is 2. The van der Waals surface area contributed by atoms with Gasteiger partial charge < -0.3 is 9.88 Å². The second-order valence-corrected chi connectivity index (χ2v) is 9.30. The van der Waals surface area contributed by atoms with E-state index in [9.17, 15) is 8.42 Å². The van der Waals surface area contributed by atoms with E-state index < -0.39 is 10.0 Å². The molecule has 0 radical (unpaired) electrons. The van der Waals surface area contributed by atoms with Crippen LogP contribution in [0.1, 0.15) is 12.6 Å². The fraction of sp³-hybridized carbons (Fsp3) is 0.692. The molecule has 1 aromatic rings. The van der Waals surface area contributed by atoms with Crippen LogP contribution in [0.3, 0.4) is 0 Å². The van der Waals surface area contributed by atoms with Crippen molar-refractivity contribution in [1.82, 2.24) is 14.6 Å². The Morgan fingerprint density at radius 3 is 2.90 bits per heavy atom. The summed E-state index contributed by atoms with van der Waals surface area (Å²) in [4.78, 5) is 0.353. The molecule has 0 amide bonds. The Hall–Kier alpha value is -0.150. The van der Waals surface area contributed by atoms with E-state index in [4.69, 9.17) is 0 Å². The Kier molecular flexibility index (Phi) is 6.49. The van der Waals surface area contributed by atoms with Crippen molar-refractivity contribution in [2.24, 2.45) is 7.05 Å². The maximum atomic E-state index is 12.4. The number of hydrogen-bond donors (Lipinski definition) is 2. The fourth-order valence-electron chi connectivity index (χ4n) is 2.09. The van der Waals surface area contributed by atoms with Gasteiger partial charge in [0.05, 0.1) is 4.90 Å². The molecule has 1 unspecified atom stereocenters. The lowest BCUT2D eigenvalue weighted by Crippen LogP contribution is -2.33. The number of rotatable bonds is 7. The van der Waals surface area contributed by atoms with Crippen molar-refractivity contribution in [3.63, 3.8) is 0 Å². The number of aryl methyl sites for hydroxylation is 1. The van der Waals surface area contributed by atoms with Gasteiger partial charge in [-0.15, -0.1) is 0 Å². The maximum absolute atomic E-state index is 12.4. The van der Waals surface area contributed by atoms with E-state index in [1.54, 1.807) is 12.3 Å². The summed E-state index contributed by atoms with van der Waals surface area (Å²) in [5, 5.41) is 3.59. The largest absolute Gasteiger partial charge is 0.352 e. The molecule has 21 heavy (non-hydrogen) atoms. The standard InChI is InChI=1S/C13H23N3O2S3/c1-3-14-7-11-6-13(9-16(11)2)21(17,18)15-8-12-10-19-4-5-20-12/h6,9,12,14-15H,3-5,7-8,10H2,1-2H3. The summed E-state index contributed by atoms with van der Waals surface area (Å²) in [6, 6.07) is 1.74. The third-order valence-electron chi connectivity index (χ3n) is 3.34. The normalized spacial score (nSPS) is 19.8. The van der Waals surface area contributed by atoms with Gasteiger partial charge in [-0.05, 0) is 12.6 Å². The summed E-state index contributed by atoms with van der Waals surface area (Å²) in [7, 11) is -1.53. The molecule has 0 aromatic carbocycles. The number of aromatic nitrogens is 1. The SMILES string of the molecule is CCNCc1cc(S(=O)(=O)NCC2CSCCS2)cn1C. The molecule has 1 aliphatic rings. The number of hydrogen-bond acceptors (Lipinski definition) is 5. The van der Waals surface area contributed by atoms with Gasteiger partial charge in [-0.25, -0.2) is 13.1 Å². The molecular formula is C13H23N3O2S3. The first kappa shape index (κ1) is 17.2. The molecule has 8 heteroatoms. The molecule has 2 rings (SSSR count). The van der Waals surface area contributed by atoms with Gasteiger partial charge >= 0.3 is 0 Å². The average molecular weight is 350 g/mol. The van der Waals surface area contributed by atoms with Crippen LogP contribution in [0.25, 0.3) is 0 Å². The zero-order chi connectivity index (χ0) is 15.3. The van der Waals surface area contributed by atoms with Gasteiger partial charge in [0.1, 0.15) is 0 Å². The predicted octanol–water partition coefficient (Wildman–Crippen LogP) is 1.26. The molecule has 120 valence electrons. The average Bonchev–Trinajstić information content (AvgIpc) is 2.86. The van der Waals surface area contributed by atoms with Crippen molar-refractivity contribution in [1.29, 1.82) is 0 Å². The van der Waals surface area contributed by atoms with Crippen LogP contribution in [0, 0.1) is 0 Å². The van der Waals surface area contributed by atoms with Crippen molar-refractivity contribution in [3.8, 4) is 0 Å². The lowest BCUT2D eigenvalue weighted by atomic mass is 10.4. The van der Waals surface area contributed by atoms with Crippen LogP contribution in [0.15, 0.2) is 17.2 Å². The van der Waals surface area contributed by atoms with Crippen molar-refractivity contribution >= 4 is 33.5 Å². The first-order valence-electron chi connectivity index (χ1n) is 7.08. The van der Waals surface area contributed by atoms with E-state index >= 15 is 0 Å². The Morgan fingerprint density at radius 2 is 2.24 bits per heavy atom. The Morgan fingerprint density at radius 1 is 1.43 bits per heavy atom. The monoisotopic (exact) mass is 349 g/mol. The van der Waals surface area contributed by atoms with E-state index in [-0.39, 0.29) is 0 Å². The van der Waals surface area contributed by atoms with Crippen LogP contribution in [0.2, 0.25) is 0 Å². The number of thioether (sulfide) groups is 2. The highest BCUT2D eigenvalue weighted by Gasteiger charge is 2.21. The Labute approximate surface area is 135 Å². The molecule has 1 atom stereocenters. The summed E-state index contributed by atoms with van der Waals surface area (Å²) in [5.41, 5.74) is 0.972. The summed E-state index contributed by atoms with van der Waals surface area (Å²) in [5.74, 6) is 3.29. The predicted molar refractivity (Wildman–Crippen MR) is 91.6 cm³/mol. The summed E-state index contributed by atoms with van der Waals surface area (Å²) >= 11 is 3.75. The minimum Gasteiger partial charge on any atom is -0.352 e. The summed E-state index contributed by atoms with van der Waals surface area (Å²) in [6.45, 7) is 4.08. The van der Waals surface area contributed by atoms with Crippen molar-refractivity contribution in [2.75, 3.05) is 30.3 Å². The van der Waals surface area contributed by atoms with Gasteiger partial charge in [0.25, 0.3) is 0 Å². The molecule has 1 saturated heterocycles. The Balaban J connectivity index is 1.98. The van der Waals surface area contributed by atoms with E-state index in [2.05, 4.69) is 10.0 Å². The molecule has 0 spiro atoms. The van der Waals surface area contributed by atoms with Gasteiger partial charge in [-0.1, -0.05) is 6.92 Å². The van der Waals surface area contributed by atoms with Crippen molar-refractivity contribution < 1.29 is 8.42 Å². The highest BCUT2D eigenvalue weighted by atomic mass is 32.2. The quantitative estimate of drug-likeness (QED) is 0.776. The fourth-order valence-corrected chi connectivity index (χ4v) is 5.99. The smallest absolute Gasteiger partial charge is 0.242 e. The van der Waals surface area contributed by atoms with E-state index in [1.807, 2.05) is 42.1 Å². The minimum absolute atomic E-state index is 0.353. The van der Waals surface area contributed by atoms with Gasteiger partial charge in [-0.3, -0.25) is 0 Å². The van der Waals surface area contributed by atoms with Crippen molar-refractivity contribution in [2.45, 2.75) is 23.6 Å². The molecule has 5 nitrogen and oxygen atoms in total. The first-order valence-corrected chi connectivity index (χ1v) is 10.8. The third-order valence-corrected chi connectivity index (χ3v) is 7.57. The molecule has 1 aromatic heterocycles. The third kappa shape index (κ3) is 4.92. The topological polar surface area (TPSA) is 63.1 Å². The number of sulfonamides is 1. The highest BCUT2D eigenvalue weighted by Crippen LogP contribution is 2.24. The molecule has 1 aliphatic heterocycles. The first-order chi connectivity index (χ1) is 10.0. The second-order valence-electron chi connectivity index (χ2n) is 4.98. The van der Waals surface area contributed by atoms with E-state index in [1.165, 1.54) is 5.75 Å². The lowest BCUT2D eigenvalue weighted by molar-refractivity contribution is 0.581. The van der Waals surface area contributed by atoms with Crippen LogP contribution in [-0.2, 0) is 23.6 Å². The minimum atomic E-state index is -3.41. The molecule has 2 N–H and O–H groups in total. The highest BCUT2D eigenvalue weighted by molar-refractivity contribution is 8.06. The molecule has 2 heterocycles. The van der Waals surface area contributed by atoms with E-state index in [0.717, 1.165) is 23.7 Å². The van der Waals surface area contributed by atoms with Crippen LogP contribution < -0.4 is 10.0 Å². The van der Waals surface area contributed by atoms with E-state index in [0.29, 0.717) is 23.2 Å². The number of nitrogens with zero attached hydrogens (tertiary/aromatic N) is 1. The van der Waals surface area contributed by atoms with Crippen LogP contribution in [0.4, 0.5) is 0 Å². The summed E-state index contributed by atoms with van der Waals surface area (Å²) < 4.78 is 29.3. The lowest BCUT2D eigenvalue weighted by Gasteiger charge is -2.20. The van der Waals surface area contributed by atoms with Gasteiger partial charge in [0.15, 0.2) is 0 Å². The molecular weight excluding hydrogens is 326 g/mol. The Bertz CT molecular complexity index is 551. The summed E-state index contributed by atoms with van der Waals surface area (Å²) in [6.07, 6.45) is 1.68. The van der Waals surface area contributed by atoms with Gasteiger partial charge in [0, 0.05) is 54.5 Å².